The molecule has 0 unspecified atom stereocenters. The monoisotopic (exact) mass is 306 g/mol. The molecule has 22 heavy (non-hydrogen) atoms. The van der Waals surface area contributed by atoms with Gasteiger partial charge in [0.1, 0.15) is 6.04 Å². The van der Waals surface area contributed by atoms with Crippen molar-refractivity contribution in [3.05, 3.63) is 35.9 Å². The third-order valence-electron chi connectivity index (χ3n) is 3.46. The molecule has 0 aliphatic carbocycles. The van der Waals surface area contributed by atoms with Crippen LogP contribution in [0.3, 0.4) is 0 Å². The van der Waals surface area contributed by atoms with Crippen LogP contribution < -0.4 is 10.6 Å². The van der Waals surface area contributed by atoms with Crippen LogP contribution in [-0.2, 0) is 20.7 Å². The second-order valence-electron chi connectivity index (χ2n) is 5.74. The summed E-state index contributed by atoms with van der Waals surface area (Å²) in [5.41, 5.74) is 1.07. The molecule has 0 radical (unpaired) electrons. The first-order valence-electron chi connectivity index (χ1n) is 7.57. The molecule has 5 heteroatoms. The predicted molar refractivity (Wildman–Crippen MR) is 86.4 cm³/mol. The molecule has 0 heterocycles. The van der Waals surface area contributed by atoms with Crippen LogP contribution in [0.4, 0.5) is 0 Å². The number of amides is 1. The average Bonchev–Trinajstić information content (AvgIpc) is 2.51. The van der Waals surface area contributed by atoms with Crippen molar-refractivity contribution in [3.8, 4) is 0 Å². The molecule has 2 atom stereocenters. The number of carbonyl (C=O) groups is 2. The summed E-state index contributed by atoms with van der Waals surface area (Å²) in [6.07, 6.45) is 1.12. The molecule has 2 N–H and O–H groups in total. The molecule has 1 amide bonds. The lowest BCUT2D eigenvalue weighted by Gasteiger charge is -2.22. The van der Waals surface area contributed by atoms with Crippen LogP contribution in [0.25, 0.3) is 0 Å². The van der Waals surface area contributed by atoms with E-state index in [9.17, 15) is 9.59 Å². The quantitative estimate of drug-likeness (QED) is 0.715. The fraction of sp³-hybridized carbons (Fsp3) is 0.529. The first-order chi connectivity index (χ1) is 10.5. The topological polar surface area (TPSA) is 67.4 Å². The molecule has 1 aromatic rings. The highest BCUT2D eigenvalue weighted by atomic mass is 16.5. The molecule has 0 spiro atoms. The van der Waals surface area contributed by atoms with E-state index in [1.807, 2.05) is 44.2 Å². The first kappa shape index (κ1) is 18.2. The Hall–Kier alpha value is -1.88. The second-order valence-corrected chi connectivity index (χ2v) is 5.74. The summed E-state index contributed by atoms with van der Waals surface area (Å²) in [5, 5.41) is 5.80. The number of rotatable bonds is 8. The van der Waals surface area contributed by atoms with Crippen LogP contribution in [0, 0.1) is 5.92 Å². The van der Waals surface area contributed by atoms with Crippen molar-refractivity contribution in [2.24, 2.45) is 5.92 Å². The van der Waals surface area contributed by atoms with Gasteiger partial charge in [-0.2, -0.15) is 0 Å². The molecule has 0 aromatic heterocycles. The molecular weight excluding hydrogens is 280 g/mol. The van der Waals surface area contributed by atoms with Gasteiger partial charge in [-0.1, -0.05) is 44.2 Å². The summed E-state index contributed by atoms with van der Waals surface area (Å²) in [5.74, 6) is -0.314. The number of methoxy groups -OCH3 is 1. The van der Waals surface area contributed by atoms with Crippen molar-refractivity contribution in [1.29, 1.82) is 0 Å². The van der Waals surface area contributed by atoms with Crippen molar-refractivity contribution >= 4 is 11.9 Å². The minimum Gasteiger partial charge on any atom is -0.467 e. The molecule has 1 aromatic carbocycles. The minimum absolute atomic E-state index is 0.192. The lowest BCUT2D eigenvalue weighted by Crippen LogP contribution is -2.50. The Morgan fingerprint density at radius 1 is 1.14 bits per heavy atom. The van der Waals surface area contributed by atoms with Crippen molar-refractivity contribution in [1.82, 2.24) is 10.6 Å². The van der Waals surface area contributed by atoms with Crippen LogP contribution in [-0.4, -0.2) is 38.1 Å². The third-order valence-corrected chi connectivity index (χ3v) is 3.46. The van der Waals surface area contributed by atoms with E-state index in [0.717, 1.165) is 5.56 Å². The van der Waals surface area contributed by atoms with Gasteiger partial charge >= 0.3 is 5.97 Å². The zero-order valence-electron chi connectivity index (χ0n) is 13.8. The smallest absolute Gasteiger partial charge is 0.328 e. The highest BCUT2D eigenvalue weighted by Crippen LogP contribution is 2.08. The van der Waals surface area contributed by atoms with Crippen LogP contribution in [0.2, 0.25) is 0 Å². The number of nitrogens with one attached hydrogen (secondary N) is 2. The van der Waals surface area contributed by atoms with E-state index in [1.54, 1.807) is 7.05 Å². The highest BCUT2D eigenvalue weighted by molar-refractivity contribution is 5.87. The zero-order chi connectivity index (χ0) is 16.5. The highest BCUT2D eigenvalue weighted by Gasteiger charge is 2.26. The van der Waals surface area contributed by atoms with Gasteiger partial charge in [0.15, 0.2) is 0 Å². The summed E-state index contributed by atoms with van der Waals surface area (Å²) in [6.45, 7) is 4.00. The minimum atomic E-state index is -0.607. The molecule has 0 saturated heterocycles. The summed E-state index contributed by atoms with van der Waals surface area (Å²) < 4.78 is 4.77. The van der Waals surface area contributed by atoms with Crippen molar-refractivity contribution < 1.29 is 14.3 Å². The molecule has 1 rings (SSSR count). The van der Waals surface area contributed by atoms with E-state index < -0.39 is 12.0 Å². The molecule has 0 aliphatic heterocycles. The summed E-state index contributed by atoms with van der Waals surface area (Å²) in [6, 6.07) is 8.78. The van der Waals surface area contributed by atoms with Gasteiger partial charge in [-0.25, -0.2) is 4.79 Å². The van der Waals surface area contributed by atoms with Gasteiger partial charge in [-0.05, 0) is 31.4 Å². The van der Waals surface area contributed by atoms with Gasteiger partial charge in [0.25, 0.3) is 0 Å². The van der Waals surface area contributed by atoms with Gasteiger partial charge in [0, 0.05) is 0 Å². The van der Waals surface area contributed by atoms with Crippen LogP contribution in [0.5, 0.6) is 0 Å². The second kappa shape index (κ2) is 9.20. The Morgan fingerprint density at radius 2 is 1.77 bits per heavy atom. The predicted octanol–water partition coefficient (Wildman–Crippen LogP) is 1.52. The van der Waals surface area contributed by atoms with E-state index in [0.29, 0.717) is 12.8 Å². The van der Waals surface area contributed by atoms with Crippen molar-refractivity contribution in [2.45, 2.75) is 38.8 Å². The Morgan fingerprint density at radius 3 is 2.27 bits per heavy atom. The van der Waals surface area contributed by atoms with E-state index in [-0.39, 0.29) is 17.9 Å². The number of esters is 1. The van der Waals surface area contributed by atoms with E-state index in [4.69, 9.17) is 4.74 Å². The Kier molecular flexibility index (Phi) is 7.60. The fourth-order valence-corrected chi connectivity index (χ4v) is 2.28. The maximum atomic E-state index is 12.4. The Labute approximate surface area is 132 Å². The Balaban J connectivity index is 2.71. The van der Waals surface area contributed by atoms with Gasteiger partial charge in [-0.3, -0.25) is 4.79 Å². The molecule has 122 valence electrons. The van der Waals surface area contributed by atoms with Gasteiger partial charge < -0.3 is 15.4 Å². The molecule has 0 aliphatic rings. The first-order valence-corrected chi connectivity index (χ1v) is 7.57. The van der Waals surface area contributed by atoms with Crippen molar-refractivity contribution in [2.75, 3.05) is 14.2 Å². The lowest BCUT2D eigenvalue weighted by molar-refractivity contribution is -0.145. The molecule has 0 bridgehead atoms. The van der Waals surface area contributed by atoms with E-state index >= 15 is 0 Å². The number of benzene rings is 1. The summed E-state index contributed by atoms with van der Waals surface area (Å²) >= 11 is 0. The number of ether oxygens (including phenoxy) is 1. The molecule has 0 fully saturated rings. The maximum Gasteiger partial charge on any atom is 0.328 e. The van der Waals surface area contributed by atoms with Crippen LogP contribution >= 0.6 is 0 Å². The standard InChI is InChI=1S/C17H26N2O3/c1-12(2)10-15(17(21)22-4)19-16(20)14(18-3)11-13-8-6-5-7-9-13/h5-9,12,14-15,18H,10-11H2,1-4H3,(H,19,20)/t14-,15-/m0/s1. The average molecular weight is 306 g/mol. The molecular formula is C17H26N2O3. The third kappa shape index (κ3) is 5.85. The lowest BCUT2D eigenvalue weighted by atomic mass is 10.0. The number of hydrogen-bond acceptors (Lipinski definition) is 4. The van der Waals surface area contributed by atoms with E-state index in [1.165, 1.54) is 7.11 Å². The normalized spacial score (nSPS) is 13.5. The molecule has 5 nitrogen and oxygen atoms in total. The van der Waals surface area contributed by atoms with Crippen molar-refractivity contribution in [3.63, 3.8) is 0 Å². The van der Waals surface area contributed by atoms with Crippen LogP contribution in [0.15, 0.2) is 30.3 Å². The van der Waals surface area contributed by atoms with E-state index in [2.05, 4.69) is 10.6 Å². The van der Waals surface area contributed by atoms with Crippen LogP contribution in [0.1, 0.15) is 25.8 Å². The summed E-state index contributed by atoms with van der Waals surface area (Å²) in [4.78, 5) is 24.2. The maximum absolute atomic E-state index is 12.4. The number of carbonyl (C=O) groups excluding carboxylic acids is 2. The summed E-state index contributed by atoms with van der Waals surface area (Å²) in [7, 11) is 3.07. The SMILES string of the molecule is CN[C@@H](Cc1ccccc1)C(=O)N[C@@H](CC(C)C)C(=O)OC. The van der Waals surface area contributed by atoms with Gasteiger partial charge in [0.2, 0.25) is 5.91 Å². The van der Waals surface area contributed by atoms with Gasteiger partial charge in [0.05, 0.1) is 13.2 Å². The number of hydrogen-bond donors (Lipinski definition) is 2. The molecule has 0 saturated carbocycles. The fourth-order valence-electron chi connectivity index (χ4n) is 2.28. The largest absolute Gasteiger partial charge is 0.467 e. The number of likely N-dealkylation sites (N-methyl/N-ethyl adjacent to an activating group) is 1. The zero-order valence-corrected chi connectivity index (χ0v) is 13.8. The Bertz CT molecular complexity index is 474. The van der Waals surface area contributed by atoms with Gasteiger partial charge in [-0.15, -0.1) is 0 Å².